The van der Waals surface area contributed by atoms with E-state index in [4.69, 9.17) is 9.47 Å². The molecule has 2 aliphatic rings. The van der Waals surface area contributed by atoms with Crippen molar-refractivity contribution in [1.29, 1.82) is 0 Å². The van der Waals surface area contributed by atoms with Crippen LogP contribution in [0.1, 0.15) is 73.6 Å². The lowest BCUT2D eigenvalue weighted by Crippen LogP contribution is -2.54. The molecule has 2 rings (SSSR count). The molecule has 140 valence electrons. The molecule has 2 fully saturated rings. The molecule has 4 unspecified atom stereocenters. The van der Waals surface area contributed by atoms with Crippen LogP contribution in [0.3, 0.4) is 0 Å². The molecule has 2 aliphatic heterocycles. The zero-order valence-electron chi connectivity index (χ0n) is 16.4. The second-order valence-corrected chi connectivity index (χ2v) is 8.75. The summed E-state index contributed by atoms with van der Waals surface area (Å²) in [5.41, 5.74) is -0.419. The van der Waals surface area contributed by atoms with Gasteiger partial charge in [-0.15, -0.1) is 0 Å². The van der Waals surface area contributed by atoms with Crippen molar-refractivity contribution >= 4 is 6.09 Å². The zero-order chi connectivity index (χ0) is 18.0. The number of hydrogen-bond acceptors (Lipinski definition) is 4. The lowest BCUT2D eigenvalue weighted by molar-refractivity contribution is -0.0800. The van der Waals surface area contributed by atoms with Crippen LogP contribution >= 0.6 is 0 Å². The van der Waals surface area contributed by atoms with Crippen molar-refractivity contribution in [3.05, 3.63) is 0 Å². The number of piperidine rings is 1. The maximum absolute atomic E-state index is 12.3. The first-order valence-corrected chi connectivity index (χ1v) is 9.51. The van der Waals surface area contributed by atoms with Gasteiger partial charge in [-0.3, -0.25) is 0 Å². The molecule has 0 bridgehead atoms. The Morgan fingerprint density at radius 3 is 2.62 bits per heavy atom. The van der Waals surface area contributed by atoms with Gasteiger partial charge in [0.1, 0.15) is 5.60 Å². The minimum Gasteiger partial charge on any atom is -0.444 e. The highest BCUT2D eigenvalue weighted by Gasteiger charge is 2.35. The topological polar surface area (TPSA) is 50.8 Å². The van der Waals surface area contributed by atoms with E-state index < -0.39 is 5.60 Å². The standard InChI is InChI=1S/C19H36N2O3/c1-7-19(6)13-16(9-11-23-19)20-15-8-10-21(14(2)12-15)17(22)24-18(3,4)5/h14-16,20H,7-13H2,1-6H3. The van der Waals surface area contributed by atoms with Gasteiger partial charge in [0.2, 0.25) is 0 Å². The van der Waals surface area contributed by atoms with Gasteiger partial charge in [0.05, 0.1) is 5.60 Å². The molecule has 2 saturated heterocycles. The van der Waals surface area contributed by atoms with E-state index in [2.05, 4.69) is 26.1 Å². The van der Waals surface area contributed by atoms with Crippen molar-refractivity contribution in [3.63, 3.8) is 0 Å². The Balaban J connectivity index is 1.84. The molecule has 0 aromatic heterocycles. The highest BCUT2D eigenvalue weighted by Crippen LogP contribution is 2.29. The van der Waals surface area contributed by atoms with Crippen LogP contribution in [0, 0.1) is 0 Å². The summed E-state index contributed by atoms with van der Waals surface area (Å²) in [6.07, 6.45) is 5.00. The van der Waals surface area contributed by atoms with Crippen LogP contribution in [-0.2, 0) is 9.47 Å². The van der Waals surface area contributed by atoms with Gasteiger partial charge in [0, 0.05) is 31.3 Å². The van der Waals surface area contributed by atoms with Crippen molar-refractivity contribution in [2.24, 2.45) is 0 Å². The predicted molar refractivity (Wildman–Crippen MR) is 96.2 cm³/mol. The van der Waals surface area contributed by atoms with Crippen molar-refractivity contribution in [1.82, 2.24) is 10.2 Å². The number of ether oxygens (including phenoxy) is 2. The second kappa shape index (κ2) is 7.61. The van der Waals surface area contributed by atoms with E-state index in [0.29, 0.717) is 12.1 Å². The summed E-state index contributed by atoms with van der Waals surface area (Å²) >= 11 is 0. The van der Waals surface area contributed by atoms with Gasteiger partial charge in [-0.2, -0.15) is 0 Å². The van der Waals surface area contributed by atoms with Gasteiger partial charge in [-0.25, -0.2) is 4.79 Å². The van der Waals surface area contributed by atoms with E-state index in [0.717, 1.165) is 45.3 Å². The van der Waals surface area contributed by atoms with Gasteiger partial charge in [0.15, 0.2) is 0 Å². The molecule has 0 aromatic carbocycles. The Labute approximate surface area is 147 Å². The fraction of sp³-hybridized carbons (Fsp3) is 0.947. The number of likely N-dealkylation sites (tertiary alicyclic amines) is 1. The largest absolute Gasteiger partial charge is 0.444 e. The number of amides is 1. The molecule has 24 heavy (non-hydrogen) atoms. The fourth-order valence-corrected chi connectivity index (χ4v) is 3.77. The molecule has 5 nitrogen and oxygen atoms in total. The van der Waals surface area contributed by atoms with Crippen molar-refractivity contribution in [2.75, 3.05) is 13.2 Å². The number of carbonyl (C=O) groups is 1. The molecule has 1 N–H and O–H groups in total. The minimum absolute atomic E-state index is 0.0126. The van der Waals surface area contributed by atoms with E-state index in [-0.39, 0.29) is 17.7 Å². The molecule has 0 saturated carbocycles. The fourth-order valence-electron chi connectivity index (χ4n) is 3.77. The number of nitrogens with zero attached hydrogens (tertiary/aromatic N) is 1. The molecule has 2 heterocycles. The van der Waals surface area contributed by atoms with Gasteiger partial charge in [-0.1, -0.05) is 6.92 Å². The molecule has 0 spiro atoms. The third kappa shape index (κ3) is 5.35. The van der Waals surface area contributed by atoms with Crippen LogP contribution in [0.4, 0.5) is 4.79 Å². The van der Waals surface area contributed by atoms with Crippen molar-refractivity contribution in [3.8, 4) is 0 Å². The molecule has 0 aliphatic carbocycles. The van der Waals surface area contributed by atoms with E-state index in [1.54, 1.807) is 0 Å². The minimum atomic E-state index is -0.432. The average Bonchev–Trinajstić information content (AvgIpc) is 2.45. The summed E-state index contributed by atoms with van der Waals surface area (Å²) in [7, 11) is 0. The summed E-state index contributed by atoms with van der Waals surface area (Å²) < 4.78 is 11.5. The first-order valence-electron chi connectivity index (χ1n) is 9.51. The number of nitrogens with one attached hydrogen (secondary N) is 1. The van der Waals surface area contributed by atoms with Gasteiger partial charge in [-0.05, 0) is 66.7 Å². The van der Waals surface area contributed by atoms with E-state index in [1.165, 1.54) is 0 Å². The van der Waals surface area contributed by atoms with Crippen molar-refractivity contribution in [2.45, 2.75) is 103 Å². The van der Waals surface area contributed by atoms with Crippen LogP contribution < -0.4 is 5.32 Å². The molecule has 0 aromatic rings. The molecule has 0 radical (unpaired) electrons. The molecule has 5 heteroatoms. The lowest BCUT2D eigenvalue weighted by atomic mass is 9.88. The van der Waals surface area contributed by atoms with Gasteiger partial charge >= 0.3 is 6.09 Å². The van der Waals surface area contributed by atoms with Crippen LogP contribution in [0.5, 0.6) is 0 Å². The lowest BCUT2D eigenvalue weighted by Gasteiger charge is -2.43. The Bertz CT molecular complexity index is 435. The van der Waals surface area contributed by atoms with Gasteiger partial charge in [0.25, 0.3) is 0 Å². The Hall–Kier alpha value is -0.810. The third-order valence-corrected chi connectivity index (χ3v) is 5.32. The number of hydrogen-bond donors (Lipinski definition) is 1. The number of rotatable bonds is 3. The highest BCUT2D eigenvalue weighted by molar-refractivity contribution is 5.68. The normalized spacial score (nSPS) is 34.9. The van der Waals surface area contributed by atoms with E-state index >= 15 is 0 Å². The van der Waals surface area contributed by atoms with E-state index in [1.807, 2.05) is 25.7 Å². The van der Waals surface area contributed by atoms with Gasteiger partial charge < -0.3 is 19.7 Å². The third-order valence-electron chi connectivity index (χ3n) is 5.32. The second-order valence-electron chi connectivity index (χ2n) is 8.75. The Morgan fingerprint density at radius 1 is 1.33 bits per heavy atom. The molecule has 4 atom stereocenters. The molecule has 1 amide bonds. The summed E-state index contributed by atoms with van der Waals surface area (Å²) in [6.45, 7) is 13.9. The smallest absolute Gasteiger partial charge is 0.410 e. The summed E-state index contributed by atoms with van der Waals surface area (Å²) in [6, 6.07) is 1.21. The van der Waals surface area contributed by atoms with Crippen LogP contribution in [0.15, 0.2) is 0 Å². The molecular formula is C19H36N2O3. The SMILES string of the molecule is CCC1(C)CC(NC2CCN(C(=O)OC(C)(C)C)C(C)C2)CCO1. The Kier molecular flexibility index (Phi) is 6.19. The monoisotopic (exact) mass is 340 g/mol. The predicted octanol–water partition coefficient (Wildman–Crippen LogP) is 3.71. The summed E-state index contributed by atoms with van der Waals surface area (Å²) in [5.74, 6) is 0. The average molecular weight is 341 g/mol. The maximum Gasteiger partial charge on any atom is 0.410 e. The zero-order valence-corrected chi connectivity index (χ0v) is 16.4. The quantitative estimate of drug-likeness (QED) is 0.851. The van der Waals surface area contributed by atoms with Crippen LogP contribution in [0.2, 0.25) is 0 Å². The van der Waals surface area contributed by atoms with E-state index in [9.17, 15) is 4.79 Å². The van der Waals surface area contributed by atoms with Crippen molar-refractivity contribution < 1.29 is 14.3 Å². The first-order chi connectivity index (χ1) is 11.1. The summed E-state index contributed by atoms with van der Waals surface area (Å²) in [4.78, 5) is 14.2. The van der Waals surface area contributed by atoms with Crippen LogP contribution in [-0.4, -0.2) is 53.5 Å². The molecular weight excluding hydrogens is 304 g/mol. The highest BCUT2D eigenvalue weighted by atomic mass is 16.6. The number of carbonyl (C=O) groups excluding carboxylic acids is 1. The maximum atomic E-state index is 12.3. The Morgan fingerprint density at radius 2 is 2.04 bits per heavy atom. The van der Waals surface area contributed by atoms with Crippen LogP contribution in [0.25, 0.3) is 0 Å². The first kappa shape index (κ1) is 19.5. The summed E-state index contributed by atoms with van der Waals surface area (Å²) in [5, 5.41) is 3.83.